The highest BCUT2D eigenvalue weighted by Crippen LogP contribution is 2.35. The number of rotatable bonds is 5. The summed E-state index contributed by atoms with van der Waals surface area (Å²) in [5.74, 6) is 0.649. The van der Waals surface area contributed by atoms with Gasteiger partial charge in [-0.25, -0.2) is 9.97 Å². The highest BCUT2D eigenvalue weighted by atomic mass is 32.1. The fraction of sp³-hybridized carbons (Fsp3) is 0.292. The van der Waals surface area contributed by atoms with Crippen LogP contribution in [0.25, 0.3) is 10.9 Å². The van der Waals surface area contributed by atoms with Gasteiger partial charge >= 0.3 is 0 Å². The average Bonchev–Trinajstić information content (AvgIpc) is 3.39. The number of para-hydroxylation sites is 1. The number of aromatic nitrogens is 3. The van der Waals surface area contributed by atoms with Gasteiger partial charge in [0, 0.05) is 42.3 Å². The molecule has 1 unspecified atom stereocenters. The molecule has 0 saturated carbocycles. The summed E-state index contributed by atoms with van der Waals surface area (Å²) in [6, 6.07) is 14.5. The number of thiazole rings is 1. The number of hydrogen-bond donors (Lipinski definition) is 1. The number of fused-ring (bicyclic) bond motifs is 1. The van der Waals surface area contributed by atoms with Gasteiger partial charge in [0.15, 0.2) is 5.13 Å². The molecule has 0 bridgehead atoms. The monoisotopic (exact) mass is 428 g/mol. The molecule has 1 aliphatic rings. The van der Waals surface area contributed by atoms with Crippen molar-refractivity contribution in [3.05, 3.63) is 71.0 Å². The van der Waals surface area contributed by atoms with E-state index in [-0.39, 0.29) is 0 Å². The Kier molecular flexibility index (Phi) is 5.41. The van der Waals surface area contributed by atoms with Gasteiger partial charge < -0.3 is 9.88 Å². The van der Waals surface area contributed by atoms with E-state index in [1.807, 2.05) is 0 Å². The molecule has 0 amide bonds. The molecule has 156 valence electrons. The van der Waals surface area contributed by atoms with Crippen LogP contribution in [0.3, 0.4) is 0 Å². The van der Waals surface area contributed by atoms with E-state index in [9.17, 15) is 0 Å². The van der Waals surface area contributed by atoms with Gasteiger partial charge in [0.05, 0.1) is 23.4 Å². The fourth-order valence-corrected chi connectivity index (χ4v) is 5.22. The van der Waals surface area contributed by atoms with Crippen molar-refractivity contribution < 1.29 is 0 Å². The van der Waals surface area contributed by atoms with Crippen molar-refractivity contribution in [1.29, 1.82) is 5.26 Å². The van der Waals surface area contributed by atoms with Crippen molar-refractivity contribution in [3.63, 3.8) is 0 Å². The maximum Gasteiger partial charge on any atom is 0.188 e. The summed E-state index contributed by atoms with van der Waals surface area (Å²) in [5, 5.41) is 16.6. The van der Waals surface area contributed by atoms with Crippen molar-refractivity contribution >= 4 is 33.2 Å². The van der Waals surface area contributed by atoms with Gasteiger partial charge in [0.1, 0.15) is 5.82 Å². The molecular weight excluding hydrogens is 404 g/mol. The van der Waals surface area contributed by atoms with Gasteiger partial charge in [-0.2, -0.15) is 5.26 Å². The number of benzene rings is 1. The highest BCUT2D eigenvalue weighted by molar-refractivity contribution is 7.13. The minimum atomic E-state index is 0.318. The van der Waals surface area contributed by atoms with Gasteiger partial charge in [0.2, 0.25) is 0 Å². The summed E-state index contributed by atoms with van der Waals surface area (Å²) in [6.07, 6.45) is 7.47. The van der Waals surface area contributed by atoms with Crippen molar-refractivity contribution in [1.82, 2.24) is 19.4 Å². The first kappa shape index (κ1) is 19.7. The third-order valence-electron chi connectivity index (χ3n) is 5.95. The van der Waals surface area contributed by atoms with Crippen LogP contribution in [0.5, 0.6) is 0 Å². The van der Waals surface area contributed by atoms with Crippen LogP contribution in [0.2, 0.25) is 0 Å². The molecule has 0 spiro atoms. The Morgan fingerprint density at radius 1 is 1.26 bits per heavy atom. The smallest absolute Gasteiger partial charge is 0.188 e. The number of hydrogen-bond acceptors (Lipinski definition) is 6. The van der Waals surface area contributed by atoms with E-state index in [0.717, 1.165) is 30.3 Å². The van der Waals surface area contributed by atoms with E-state index in [0.29, 0.717) is 17.4 Å². The molecular formula is C24H24N6S. The standard InChI is InChI=1S/C24H24N6S/c1-29-14-18(19-6-2-3-7-21(19)29)15-30-11-5-4-8-22(30)20-16-31-24(27-20)28-23-12-17(13-25)9-10-26-23/h2-3,6-7,9-10,12,14,16,22H,4-5,8,11,15H2,1H3,(H,26,27,28). The number of nitrogens with zero attached hydrogens (tertiary/aromatic N) is 5. The molecule has 3 aromatic heterocycles. The first-order valence-electron chi connectivity index (χ1n) is 10.6. The highest BCUT2D eigenvalue weighted by Gasteiger charge is 2.27. The summed E-state index contributed by atoms with van der Waals surface area (Å²) in [5.41, 5.74) is 4.35. The van der Waals surface area contributed by atoms with Crippen molar-refractivity contribution in [2.75, 3.05) is 11.9 Å². The van der Waals surface area contributed by atoms with Crippen molar-refractivity contribution in [2.45, 2.75) is 31.8 Å². The van der Waals surface area contributed by atoms with Crippen LogP contribution < -0.4 is 5.32 Å². The second kappa shape index (κ2) is 8.50. The molecule has 1 aromatic carbocycles. The van der Waals surface area contributed by atoms with Crippen molar-refractivity contribution in [2.24, 2.45) is 7.05 Å². The van der Waals surface area contributed by atoms with E-state index in [1.54, 1.807) is 29.7 Å². The molecule has 4 heterocycles. The Morgan fingerprint density at radius 2 is 2.16 bits per heavy atom. The molecule has 1 atom stereocenters. The van der Waals surface area contributed by atoms with Gasteiger partial charge in [0.25, 0.3) is 0 Å². The largest absolute Gasteiger partial charge is 0.350 e. The van der Waals surface area contributed by atoms with Crippen LogP contribution in [0.15, 0.2) is 54.2 Å². The van der Waals surface area contributed by atoms with Crippen LogP contribution in [-0.4, -0.2) is 26.0 Å². The van der Waals surface area contributed by atoms with Gasteiger partial charge in [-0.15, -0.1) is 11.3 Å². The zero-order chi connectivity index (χ0) is 21.2. The zero-order valence-electron chi connectivity index (χ0n) is 17.5. The molecule has 0 aliphatic carbocycles. The quantitative estimate of drug-likeness (QED) is 0.463. The first-order valence-corrected chi connectivity index (χ1v) is 11.4. The number of nitriles is 1. The van der Waals surface area contributed by atoms with Crippen LogP contribution in [0.4, 0.5) is 10.9 Å². The lowest BCUT2D eigenvalue weighted by molar-refractivity contribution is 0.138. The maximum atomic E-state index is 9.09. The van der Waals surface area contributed by atoms with E-state index >= 15 is 0 Å². The van der Waals surface area contributed by atoms with Crippen molar-refractivity contribution in [3.8, 4) is 6.07 Å². The zero-order valence-corrected chi connectivity index (χ0v) is 18.3. The first-order chi connectivity index (χ1) is 15.2. The molecule has 4 aromatic rings. The van der Waals surface area contributed by atoms with Crippen LogP contribution in [0, 0.1) is 11.3 Å². The van der Waals surface area contributed by atoms with Crippen LogP contribution in [-0.2, 0) is 13.6 Å². The SMILES string of the molecule is Cn1cc(CN2CCCCC2c2csc(Nc3cc(C#N)ccn3)n2)c2ccccc21. The van der Waals surface area contributed by atoms with E-state index in [4.69, 9.17) is 10.2 Å². The lowest BCUT2D eigenvalue weighted by Crippen LogP contribution is -2.33. The molecule has 1 saturated heterocycles. The number of aryl methyl sites for hydroxylation is 1. The molecule has 7 heteroatoms. The van der Waals surface area contributed by atoms with Gasteiger partial charge in [-0.05, 0) is 43.1 Å². The Hall–Kier alpha value is -3.21. The van der Waals surface area contributed by atoms with E-state index in [2.05, 4.69) is 68.7 Å². The van der Waals surface area contributed by atoms with E-state index in [1.165, 1.54) is 29.3 Å². The molecule has 31 heavy (non-hydrogen) atoms. The predicted octanol–water partition coefficient (Wildman–Crippen LogP) is 5.37. The fourth-order valence-electron chi connectivity index (χ4n) is 4.46. The van der Waals surface area contributed by atoms with Gasteiger partial charge in [-0.3, -0.25) is 4.90 Å². The molecule has 0 radical (unpaired) electrons. The Bertz CT molecular complexity index is 1250. The molecule has 1 aliphatic heterocycles. The average molecular weight is 429 g/mol. The number of piperidine rings is 1. The number of anilines is 2. The predicted molar refractivity (Wildman–Crippen MR) is 124 cm³/mol. The lowest BCUT2D eigenvalue weighted by atomic mass is 9.99. The second-order valence-electron chi connectivity index (χ2n) is 8.01. The van der Waals surface area contributed by atoms with Crippen LogP contribution >= 0.6 is 11.3 Å². The topological polar surface area (TPSA) is 69.8 Å². The molecule has 5 rings (SSSR count). The normalized spacial score (nSPS) is 17.0. The lowest BCUT2D eigenvalue weighted by Gasteiger charge is -2.34. The molecule has 1 N–H and O–H groups in total. The Balaban J connectivity index is 1.37. The summed E-state index contributed by atoms with van der Waals surface area (Å²) < 4.78 is 2.22. The third kappa shape index (κ3) is 4.05. The number of nitrogens with one attached hydrogen (secondary N) is 1. The maximum absolute atomic E-state index is 9.09. The van der Waals surface area contributed by atoms with Crippen LogP contribution in [0.1, 0.15) is 42.1 Å². The Morgan fingerprint density at radius 3 is 3.06 bits per heavy atom. The van der Waals surface area contributed by atoms with E-state index < -0.39 is 0 Å². The summed E-state index contributed by atoms with van der Waals surface area (Å²) in [7, 11) is 2.12. The second-order valence-corrected chi connectivity index (χ2v) is 8.87. The summed E-state index contributed by atoms with van der Waals surface area (Å²) in [6.45, 7) is 2.01. The summed E-state index contributed by atoms with van der Waals surface area (Å²) in [4.78, 5) is 11.7. The minimum absolute atomic E-state index is 0.318. The minimum Gasteiger partial charge on any atom is -0.350 e. The third-order valence-corrected chi connectivity index (χ3v) is 6.73. The molecule has 6 nitrogen and oxygen atoms in total. The number of likely N-dealkylation sites (tertiary alicyclic amines) is 1. The van der Waals surface area contributed by atoms with Gasteiger partial charge in [-0.1, -0.05) is 24.6 Å². The number of pyridine rings is 1. The molecule has 1 fully saturated rings. The Labute approximate surface area is 185 Å². The summed E-state index contributed by atoms with van der Waals surface area (Å²) >= 11 is 1.59.